The molecule has 0 radical (unpaired) electrons. The van der Waals surface area contributed by atoms with Crippen molar-refractivity contribution in [1.29, 1.82) is 0 Å². The van der Waals surface area contributed by atoms with Gasteiger partial charge in [0.05, 0.1) is 4.90 Å². The number of nitrogens with one attached hydrogen (secondary N) is 2. The van der Waals surface area contributed by atoms with Gasteiger partial charge in [-0.3, -0.25) is 14.3 Å². The Morgan fingerprint density at radius 1 is 0.759 bits per heavy atom. The van der Waals surface area contributed by atoms with Gasteiger partial charge in [0.2, 0.25) is 5.91 Å². The lowest BCUT2D eigenvalue weighted by molar-refractivity contribution is 0.0998. The maximum absolute atomic E-state index is 12.4. The summed E-state index contributed by atoms with van der Waals surface area (Å²) in [4.78, 5) is 23.6. The SMILES string of the molecule is Cc1ccc(S(=O)(=O)Nc2ccc(C(=O)Nc3ccc(C(N)=O)cc3)cc2)cc1. The zero-order valence-electron chi connectivity index (χ0n) is 15.5. The molecule has 0 aliphatic carbocycles. The highest BCUT2D eigenvalue weighted by Crippen LogP contribution is 2.18. The summed E-state index contributed by atoms with van der Waals surface area (Å²) in [5.41, 5.74) is 7.68. The van der Waals surface area contributed by atoms with Gasteiger partial charge in [0.15, 0.2) is 0 Å². The molecule has 0 spiro atoms. The Hall–Kier alpha value is -3.65. The molecule has 0 unspecified atom stereocenters. The van der Waals surface area contributed by atoms with Crippen LogP contribution in [0.3, 0.4) is 0 Å². The Kier molecular flexibility index (Phi) is 5.65. The van der Waals surface area contributed by atoms with E-state index in [1.54, 1.807) is 24.3 Å². The molecule has 0 bridgehead atoms. The number of hydrogen-bond donors (Lipinski definition) is 3. The number of anilines is 2. The normalized spacial score (nSPS) is 10.9. The molecule has 2 amide bonds. The Morgan fingerprint density at radius 3 is 1.83 bits per heavy atom. The second kappa shape index (κ2) is 8.15. The molecule has 0 aliphatic heterocycles. The molecule has 0 atom stereocenters. The number of carbonyl (C=O) groups is 2. The van der Waals surface area contributed by atoms with E-state index in [-0.39, 0.29) is 10.8 Å². The number of carbonyl (C=O) groups excluding carboxylic acids is 2. The van der Waals surface area contributed by atoms with E-state index in [1.165, 1.54) is 48.5 Å². The first-order valence-corrected chi connectivity index (χ1v) is 10.1. The highest BCUT2D eigenvalue weighted by atomic mass is 32.2. The average Bonchev–Trinajstić information content (AvgIpc) is 2.69. The minimum absolute atomic E-state index is 0.157. The number of nitrogens with two attached hydrogens (primary N) is 1. The van der Waals surface area contributed by atoms with Gasteiger partial charge in [-0.15, -0.1) is 0 Å². The second-order valence-corrected chi connectivity index (χ2v) is 8.07. The third kappa shape index (κ3) is 4.99. The minimum Gasteiger partial charge on any atom is -0.366 e. The third-order valence-electron chi connectivity index (χ3n) is 4.16. The number of hydrogen-bond acceptors (Lipinski definition) is 4. The fraction of sp³-hybridized carbons (Fsp3) is 0.0476. The van der Waals surface area contributed by atoms with E-state index < -0.39 is 15.9 Å². The number of rotatable bonds is 6. The first-order valence-electron chi connectivity index (χ1n) is 8.65. The molecule has 8 heteroatoms. The van der Waals surface area contributed by atoms with Gasteiger partial charge in [-0.05, 0) is 67.6 Å². The highest BCUT2D eigenvalue weighted by Gasteiger charge is 2.14. The van der Waals surface area contributed by atoms with Crippen molar-refractivity contribution in [3.8, 4) is 0 Å². The highest BCUT2D eigenvalue weighted by molar-refractivity contribution is 7.92. The quantitative estimate of drug-likeness (QED) is 0.579. The van der Waals surface area contributed by atoms with E-state index in [9.17, 15) is 18.0 Å². The van der Waals surface area contributed by atoms with Gasteiger partial charge in [0.25, 0.3) is 15.9 Å². The molecule has 148 valence electrons. The lowest BCUT2D eigenvalue weighted by Gasteiger charge is -2.10. The zero-order valence-corrected chi connectivity index (χ0v) is 16.4. The number of benzene rings is 3. The Morgan fingerprint density at radius 2 is 1.28 bits per heavy atom. The lowest BCUT2D eigenvalue weighted by Crippen LogP contribution is -2.14. The first kappa shape index (κ1) is 20.1. The molecule has 4 N–H and O–H groups in total. The fourth-order valence-corrected chi connectivity index (χ4v) is 3.60. The van der Waals surface area contributed by atoms with Crippen molar-refractivity contribution >= 4 is 33.2 Å². The van der Waals surface area contributed by atoms with E-state index >= 15 is 0 Å². The molecule has 0 aliphatic rings. The molecule has 3 rings (SSSR count). The van der Waals surface area contributed by atoms with Crippen LogP contribution in [0.4, 0.5) is 11.4 Å². The lowest BCUT2D eigenvalue weighted by atomic mass is 10.1. The molecule has 0 saturated heterocycles. The largest absolute Gasteiger partial charge is 0.366 e. The molecular formula is C21H19N3O4S. The predicted molar refractivity (Wildman–Crippen MR) is 111 cm³/mol. The molecule has 0 saturated carbocycles. The van der Waals surface area contributed by atoms with Crippen molar-refractivity contribution in [3.63, 3.8) is 0 Å². The van der Waals surface area contributed by atoms with Crippen LogP contribution in [0.25, 0.3) is 0 Å². The van der Waals surface area contributed by atoms with Gasteiger partial charge in [-0.1, -0.05) is 17.7 Å². The summed E-state index contributed by atoms with van der Waals surface area (Å²) in [6.45, 7) is 1.87. The molecule has 0 aromatic heterocycles. The van der Waals surface area contributed by atoms with Crippen LogP contribution in [-0.2, 0) is 10.0 Å². The van der Waals surface area contributed by atoms with E-state index in [1.807, 2.05) is 6.92 Å². The summed E-state index contributed by atoms with van der Waals surface area (Å²) in [6, 6.07) is 18.7. The van der Waals surface area contributed by atoms with Crippen molar-refractivity contribution in [2.24, 2.45) is 5.73 Å². The van der Waals surface area contributed by atoms with Crippen LogP contribution < -0.4 is 15.8 Å². The maximum Gasteiger partial charge on any atom is 0.261 e. The molecule has 7 nitrogen and oxygen atoms in total. The molecule has 29 heavy (non-hydrogen) atoms. The fourth-order valence-electron chi connectivity index (χ4n) is 2.54. The minimum atomic E-state index is -3.71. The van der Waals surface area contributed by atoms with Gasteiger partial charge >= 0.3 is 0 Å². The number of amides is 2. The standard InChI is InChI=1S/C21H19N3O4S/c1-14-2-12-19(13-3-14)29(27,28)24-18-10-6-16(7-11-18)21(26)23-17-8-4-15(5-9-17)20(22)25/h2-13,24H,1H3,(H2,22,25)(H,23,26). The molecule has 3 aromatic carbocycles. The van der Waals surface area contributed by atoms with Crippen LogP contribution in [0.2, 0.25) is 0 Å². The summed E-state index contributed by atoms with van der Waals surface area (Å²) >= 11 is 0. The smallest absolute Gasteiger partial charge is 0.261 e. The van der Waals surface area contributed by atoms with Gasteiger partial charge < -0.3 is 11.1 Å². The average molecular weight is 409 g/mol. The number of sulfonamides is 1. The molecule has 0 heterocycles. The summed E-state index contributed by atoms with van der Waals surface area (Å²) in [5.74, 6) is -0.920. The molecule has 0 fully saturated rings. The van der Waals surface area contributed by atoms with E-state index in [2.05, 4.69) is 10.0 Å². The van der Waals surface area contributed by atoms with Gasteiger partial charge in [-0.25, -0.2) is 8.42 Å². The second-order valence-electron chi connectivity index (χ2n) is 6.39. The van der Waals surface area contributed by atoms with E-state index in [4.69, 9.17) is 5.73 Å². The van der Waals surface area contributed by atoms with Crippen molar-refractivity contribution in [2.75, 3.05) is 10.0 Å². The van der Waals surface area contributed by atoms with Crippen LogP contribution in [-0.4, -0.2) is 20.2 Å². The third-order valence-corrected chi connectivity index (χ3v) is 5.56. The Bertz CT molecular complexity index is 1140. The Balaban J connectivity index is 1.68. The van der Waals surface area contributed by atoms with E-state index in [0.717, 1.165) is 5.56 Å². The zero-order chi connectivity index (χ0) is 21.0. The maximum atomic E-state index is 12.4. The molecular weight excluding hydrogens is 390 g/mol. The summed E-state index contributed by atoms with van der Waals surface area (Å²) in [7, 11) is -3.71. The molecule has 3 aromatic rings. The van der Waals surface area contributed by atoms with Crippen molar-refractivity contribution in [2.45, 2.75) is 11.8 Å². The van der Waals surface area contributed by atoms with Crippen molar-refractivity contribution in [3.05, 3.63) is 89.5 Å². The first-order chi connectivity index (χ1) is 13.7. The van der Waals surface area contributed by atoms with Crippen molar-refractivity contribution in [1.82, 2.24) is 0 Å². The van der Waals surface area contributed by atoms with Crippen LogP contribution in [0.1, 0.15) is 26.3 Å². The summed E-state index contributed by atoms with van der Waals surface area (Å²) in [6.07, 6.45) is 0. The van der Waals surface area contributed by atoms with E-state index in [0.29, 0.717) is 22.5 Å². The summed E-state index contributed by atoms with van der Waals surface area (Å²) < 4.78 is 27.3. The van der Waals surface area contributed by atoms with Crippen molar-refractivity contribution < 1.29 is 18.0 Å². The van der Waals surface area contributed by atoms with Gasteiger partial charge in [0, 0.05) is 22.5 Å². The van der Waals surface area contributed by atoms with Gasteiger partial charge in [0.1, 0.15) is 0 Å². The Labute approximate surface area is 168 Å². The summed E-state index contributed by atoms with van der Waals surface area (Å²) in [5, 5.41) is 2.69. The monoisotopic (exact) mass is 409 g/mol. The number of primary amides is 1. The van der Waals surface area contributed by atoms with Crippen LogP contribution >= 0.6 is 0 Å². The van der Waals surface area contributed by atoms with Crippen LogP contribution in [0.5, 0.6) is 0 Å². The number of aryl methyl sites for hydroxylation is 1. The van der Waals surface area contributed by atoms with Crippen LogP contribution in [0.15, 0.2) is 77.7 Å². The van der Waals surface area contributed by atoms with Crippen LogP contribution in [0, 0.1) is 6.92 Å². The topological polar surface area (TPSA) is 118 Å². The van der Waals surface area contributed by atoms with Gasteiger partial charge in [-0.2, -0.15) is 0 Å². The predicted octanol–water partition coefficient (Wildman–Crippen LogP) is 3.15.